The summed E-state index contributed by atoms with van der Waals surface area (Å²) in [6.45, 7) is 5.03. The fourth-order valence-corrected chi connectivity index (χ4v) is 2.25. The number of hydrogen-bond acceptors (Lipinski definition) is 3. The number of rotatable bonds is 4. The van der Waals surface area contributed by atoms with Gasteiger partial charge < -0.3 is 10.3 Å². The largest absolute Gasteiger partial charge is 0.341 e. The number of carbonyl (C=O) groups excluding carboxylic acids is 1. The molecule has 1 aliphatic carbocycles. The molecule has 3 N–H and O–H groups in total. The second kappa shape index (κ2) is 4.98. The summed E-state index contributed by atoms with van der Waals surface area (Å²) in [4.78, 5) is 14.2. The van der Waals surface area contributed by atoms with Gasteiger partial charge in [0.1, 0.15) is 0 Å². The third kappa shape index (κ3) is 2.64. The molecule has 1 fully saturated rings. The number of nitrogens with two attached hydrogens (primary N) is 1. The third-order valence-corrected chi connectivity index (χ3v) is 3.69. The van der Waals surface area contributed by atoms with Crippen molar-refractivity contribution in [2.75, 3.05) is 19.0 Å². The van der Waals surface area contributed by atoms with Crippen molar-refractivity contribution < 1.29 is 4.79 Å². The van der Waals surface area contributed by atoms with Gasteiger partial charge in [-0.25, -0.2) is 0 Å². The van der Waals surface area contributed by atoms with Crippen LogP contribution in [0, 0.1) is 18.8 Å². The summed E-state index contributed by atoms with van der Waals surface area (Å²) >= 11 is 0. The minimum absolute atomic E-state index is 0.0331. The molecule has 1 aromatic carbocycles. The summed E-state index contributed by atoms with van der Waals surface area (Å²) < 4.78 is 0. The first-order valence-corrected chi connectivity index (χ1v) is 6.35. The van der Waals surface area contributed by atoms with E-state index in [0.29, 0.717) is 17.2 Å². The van der Waals surface area contributed by atoms with E-state index in [9.17, 15) is 4.79 Å². The molecule has 1 amide bonds. The minimum Gasteiger partial charge on any atom is -0.341 e. The van der Waals surface area contributed by atoms with Crippen molar-refractivity contribution in [2.24, 2.45) is 17.7 Å². The van der Waals surface area contributed by atoms with Crippen LogP contribution in [0.25, 0.3) is 0 Å². The molecule has 0 heterocycles. The molecule has 2 rings (SSSR count). The fourth-order valence-electron chi connectivity index (χ4n) is 2.25. The second-order valence-corrected chi connectivity index (χ2v) is 5.35. The second-order valence-electron chi connectivity index (χ2n) is 5.35. The highest BCUT2D eigenvalue weighted by atomic mass is 16.2. The van der Waals surface area contributed by atoms with Crippen LogP contribution < -0.4 is 11.3 Å². The highest BCUT2D eigenvalue weighted by molar-refractivity contribution is 5.99. The van der Waals surface area contributed by atoms with E-state index in [1.54, 1.807) is 4.90 Å². The number of nitrogens with zero attached hydrogens (tertiary/aromatic N) is 1. The standard InChI is InChI=1S/C14H21N3O/c1-9-4-5-13(16-15)12(6-9)14(18)17(3)8-11-7-10(11)2/h4-6,10-11,16H,7-8,15H2,1-3H3. The number of nitrogen functional groups attached to an aromatic ring is 1. The Hall–Kier alpha value is -1.55. The van der Waals surface area contributed by atoms with Crippen LogP contribution in [0.5, 0.6) is 0 Å². The monoisotopic (exact) mass is 247 g/mol. The number of nitrogens with one attached hydrogen (secondary N) is 1. The first kappa shape index (κ1) is 12.9. The van der Waals surface area contributed by atoms with Gasteiger partial charge in [-0.3, -0.25) is 10.6 Å². The van der Waals surface area contributed by atoms with Crippen LogP contribution in [0.3, 0.4) is 0 Å². The number of benzene rings is 1. The van der Waals surface area contributed by atoms with Gasteiger partial charge in [0.15, 0.2) is 0 Å². The molecule has 0 bridgehead atoms. The van der Waals surface area contributed by atoms with Crippen LogP contribution in [0.2, 0.25) is 0 Å². The van der Waals surface area contributed by atoms with Crippen molar-refractivity contribution in [3.8, 4) is 0 Å². The molecule has 4 heteroatoms. The highest BCUT2D eigenvalue weighted by Crippen LogP contribution is 2.38. The van der Waals surface area contributed by atoms with Crippen molar-refractivity contribution in [2.45, 2.75) is 20.3 Å². The van der Waals surface area contributed by atoms with Gasteiger partial charge in [0.2, 0.25) is 0 Å². The van der Waals surface area contributed by atoms with E-state index in [-0.39, 0.29) is 5.91 Å². The van der Waals surface area contributed by atoms with Crippen LogP contribution in [-0.4, -0.2) is 24.4 Å². The topological polar surface area (TPSA) is 58.4 Å². The smallest absolute Gasteiger partial charge is 0.255 e. The number of hydrogen-bond donors (Lipinski definition) is 2. The van der Waals surface area contributed by atoms with Gasteiger partial charge in [-0.05, 0) is 37.3 Å². The zero-order valence-electron chi connectivity index (χ0n) is 11.2. The zero-order valence-corrected chi connectivity index (χ0v) is 11.2. The maximum atomic E-state index is 12.4. The number of carbonyl (C=O) groups is 1. The summed E-state index contributed by atoms with van der Waals surface area (Å²) in [6, 6.07) is 5.66. The summed E-state index contributed by atoms with van der Waals surface area (Å²) in [5.74, 6) is 6.91. The van der Waals surface area contributed by atoms with E-state index in [4.69, 9.17) is 5.84 Å². The quantitative estimate of drug-likeness (QED) is 0.632. The summed E-state index contributed by atoms with van der Waals surface area (Å²) in [7, 11) is 1.86. The van der Waals surface area contributed by atoms with Gasteiger partial charge in [-0.1, -0.05) is 18.6 Å². The van der Waals surface area contributed by atoms with Crippen LogP contribution in [0.15, 0.2) is 18.2 Å². The van der Waals surface area contributed by atoms with Gasteiger partial charge in [0.05, 0.1) is 11.3 Å². The molecule has 2 atom stereocenters. The maximum absolute atomic E-state index is 12.4. The predicted molar refractivity (Wildman–Crippen MR) is 73.2 cm³/mol. The summed E-state index contributed by atoms with van der Waals surface area (Å²) in [6.07, 6.45) is 1.23. The first-order chi connectivity index (χ1) is 8.52. The van der Waals surface area contributed by atoms with Crippen molar-refractivity contribution in [3.63, 3.8) is 0 Å². The normalized spacial score (nSPS) is 21.6. The van der Waals surface area contributed by atoms with E-state index in [2.05, 4.69) is 12.3 Å². The molecule has 1 saturated carbocycles. The molecule has 1 aliphatic rings. The van der Waals surface area contributed by atoms with Gasteiger partial charge in [-0.2, -0.15) is 0 Å². The molecule has 4 nitrogen and oxygen atoms in total. The fraction of sp³-hybridized carbons (Fsp3) is 0.500. The molecule has 0 aromatic heterocycles. The van der Waals surface area contributed by atoms with Gasteiger partial charge in [0.25, 0.3) is 5.91 Å². The number of anilines is 1. The van der Waals surface area contributed by atoms with Crippen LogP contribution in [0.1, 0.15) is 29.3 Å². The SMILES string of the molecule is Cc1ccc(NN)c(C(=O)N(C)CC2CC2C)c1. The lowest BCUT2D eigenvalue weighted by atomic mass is 10.1. The Morgan fingerprint density at radius 3 is 2.78 bits per heavy atom. The zero-order chi connectivity index (χ0) is 13.3. The average molecular weight is 247 g/mol. The molecule has 18 heavy (non-hydrogen) atoms. The van der Waals surface area contributed by atoms with Gasteiger partial charge >= 0.3 is 0 Å². The minimum atomic E-state index is 0.0331. The highest BCUT2D eigenvalue weighted by Gasteiger charge is 2.34. The van der Waals surface area contributed by atoms with Crippen LogP contribution in [-0.2, 0) is 0 Å². The van der Waals surface area contributed by atoms with Gasteiger partial charge in [0, 0.05) is 13.6 Å². The van der Waals surface area contributed by atoms with Crippen molar-refractivity contribution in [1.29, 1.82) is 0 Å². The van der Waals surface area contributed by atoms with Crippen molar-refractivity contribution in [1.82, 2.24) is 4.90 Å². The Kier molecular flexibility index (Phi) is 3.57. The van der Waals surface area contributed by atoms with Crippen LogP contribution >= 0.6 is 0 Å². The molecule has 1 aromatic rings. The predicted octanol–water partition coefficient (Wildman–Crippen LogP) is 2.01. The molecule has 0 spiro atoms. The summed E-state index contributed by atoms with van der Waals surface area (Å²) in [5, 5.41) is 0. The number of hydrazine groups is 1. The Labute approximate surface area is 108 Å². The Balaban J connectivity index is 2.14. The molecular weight excluding hydrogens is 226 g/mol. The molecule has 0 aliphatic heterocycles. The molecule has 2 unspecified atom stereocenters. The van der Waals surface area contributed by atoms with Crippen molar-refractivity contribution >= 4 is 11.6 Å². The van der Waals surface area contributed by atoms with E-state index < -0.39 is 0 Å². The molecule has 98 valence electrons. The van der Waals surface area contributed by atoms with E-state index in [1.807, 2.05) is 32.2 Å². The Bertz CT molecular complexity index is 458. The van der Waals surface area contributed by atoms with E-state index in [0.717, 1.165) is 18.0 Å². The van der Waals surface area contributed by atoms with Crippen LogP contribution in [0.4, 0.5) is 5.69 Å². The molecular formula is C14H21N3O. The number of amides is 1. The lowest BCUT2D eigenvalue weighted by Gasteiger charge is -2.19. The van der Waals surface area contributed by atoms with E-state index in [1.165, 1.54) is 6.42 Å². The lowest BCUT2D eigenvalue weighted by Crippen LogP contribution is -2.30. The van der Waals surface area contributed by atoms with Gasteiger partial charge in [-0.15, -0.1) is 0 Å². The number of aryl methyl sites for hydroxylation is 1. The maximum Gasteiger partial charge on any atom is 0.255 e. The molecule has 0 radical (unpaired) electrons. The lowest BCUT2D eigenvalue weighted by molar-refractivity contribution is 0.0788. The van der Waals surface area contributed by atoms with Crippen molar-refractivity contribution in [3.05, 3.63) is 29.3 Å². The third-order valence-electron chi connectivity index (χ3n) is 3.69. The Morgan fingerprint density at radius 2 is 2.22 bits per heavy atom. The summed E-state index contributed by atoms with van der Waals surface area (Å²) in [5.41, 5.74) is 4.98. The molecule has 0 saturated heterocycles. The average Bonchev–Trinajstić information content (AvgIpc) is 3.03. The van der Waals surface area contributed by atoms with E-state index >= 15 is 0 Å². The Morgan fingerprint density at radius 1 is 1.56 bits per heavy atom. The first-order valence-electron chi connectivity index (χ1n) is 6.35.